The van der Waals surface area contributed by atoms with Crippen molar-refractivity contribution >= 4 is 35.1 Å². The molecule has 0 saturated carbocycles. The number of ether oxygens (including phenoxy) is 1. The van der Waals surface area contributed by atoms with E-state index in [-0.39, 0.29) is 0 Å². The highest BCUT2D eigenvalue weighted by Crippen LogP contribution is 2.36. The van der Waals surface area contributed by atoms with Gasteiger partial charge in [-0.3, -0.25) is 4.79 Å². The first-order valence-electron chi connectivity index (χ1n) is 7.27. The lowest BCUT2D eigenvalue weighted by Gasteiger charge is -2.19. The number of anilines is 1. The van der Waals surface area contributed by atoms with Gasteiger partial charge in [-0.05, 0) is 49.8 Å². The van der Waals surface area contributed by atoms with E-state index < -0.39 is 17.4 Å². The van der Waals surface area contributed by atoms with Crippen molar-refractivity contribution in [3.63, 3.8) is 0 Å². The van der Waals surface area contributed by atoms with E-state index in [4.69, 9.17) is 4.74 Å². The lowest BCUT2D eigenvalue weighted by Crippen LogP contribution is -2.32. The number of nitrogens with one attached hydrogen (secondary N) is 1. The van der Waals surface area contributed by atoms with Crippen molar-refractivity contribution in [1.82, 2.24) is 4.98 Å². The van der Waals surface area contributed by atoms with Crippen molar-refractivity contribution < 1.29 is 18.3 Å². The predicted molar refractivity (Wildman–Crippen MR) is 98.1 cm³/mol. The van der Waals surface area contributed by atoms with E-state index >= 15 is 0 Å². The van der Waals surface area contributed by atoms with E-state index in [1.807, 2.05) is 13.2 Å². The molecule has 0 bridgehead atoms. The monoisotopic (exact) mass is 384 g/mol. The Kier molecular flexibility index (Phi) is 6.29. The lowest BCUT2D eigenvalue weighted by atomic mass is 10.1. The molecule has 1 heterocycles. The van der Waals surface area contributed by atoms with E-state index in [2.05, 4.69) is 10.3 Å². The molecule has 134 valence electrons. The van der Waals surface area contributed by atoms with Crippen LogP contribution < -0.4 is 10.1 Å². The van der Waals surface area contributed by atoms with Crippen molar-refractivity contribution in [3.8, 4) is 5.75 Å². The van der Waals surface area contributed by atoms with Crippen LogP contribution in [0.4, 0.5) is 14.5 Å². The number of carbonyl (C=O) groups is 1. The zero-order valence-corrected chi connectivity index (χ0v) is 15.9. The van der Waals surface area contributed by atoms with Gasteiger partial charge >= 0.3 is 5.92 Å². The number of aromatic nitrogens is 1. The Balaban J connectivity index is 2.34. The summed E-state index contributed by atoms with van der Waals surface area (Å²) in [6.07, 6.45) is 3.60. The summed E-state index contributed by atoms with van der Waals surface area (Å²) in [6, 6.07) is 6.90. The second kappa shape index (κ2) is 8.05. The molecule has 0 aliphatic rings. The number of amides is 1. The molecule has 25 heavy (non-hydrogen) atoms. The van der Waals surface area contributed by atoms with Crippen LogP contribution in [0.2, 0.25) is 0 Å². The Hall–Kier alpha value is -1.80. The number of nitrogens with zero attached hydrogens (tertiary/aromatic N) is 1. The third kappa shape index (κ3) is 4.24. The standard InChI is InChI=1S/C17H18F2N2O2S2/c1-10-9-13(24-3)14(15(20-10)25-4)21-16(22)17(18,19)11-5-7-12(23-2)8-6-11/h5-9H,1-4H3,(H,21,22). The number of hydrogen-bond donors (Lipinski definition) is 1. The van der Waals surface area contributed by atoms with Gasteiger partial charge in [0.05, 0.1) is 12.8 Å². The maximum Gasteiger partial charge on any atom is 0.350 e. The molecule has 0 atom stereocenters. The number of rotatable bonds is 6. The minimum Gasteiger partial charge on any atom is -0.497 e. The van der Waals surface area contributed by atoms with E-state index in [1.54, 1.807) is 12.3 Å². The number of thioether (sulfide) groups is 2. The van der Waals surface area contributed by atoms with Crippen LogP contribution in [0.15, 0.2) is 40.3 Å². The van der Waals surface area contributed by atoms with Gasteiger partial charge in [0.2, 0.25) is 0 Å². The number of benzene rings is 1. The minimum atomic E-state index is -3.68. The Labute approximate surface area is 153 Å². The molecule has 0 saturated heterocycles. The summed E-state index contributed by atoms with van der Waals surface area (Å²) < 4.78 is 34.0. The van der Waals surface area contributed by atoms with Gasteiger partial charge in [-0.2, -0.15) is 8.78 Å². The van der Waals surface area contributed by atoms with Gasteiger partial charge in [-0.15, -0.1) is 23.5 Å². The Morgan fingerprint density at radius 1 is 1.20 bits per heavy atom. The summed E-state index contributed by atoms with van der Waals surface area (Å²) >= 11 is 2.65. The first-order valence-corrected chi connectivity index (χ1v) is 9.71. The highest BCUT2D eigenvalue weighted by atomic mass is 32.2. The summed E-state index contributed by atoms with van der Waals surface area (Å²) in [6.45, 7) is 1.82. The van der Waals surface area contributed by atoms with Gasteiger partial charge in [-0.25, -0.2) is 4.98 Å². The van der Waals surface area contributed by atoms with Gasteiger partial charge in [-0.1, -0.05) is 0 Å². The zero-order valence-electron chi connectivity index (χ0n) is 14.2. The van der Waals surface area contributed by atoms with Crippen molar-refractivity contribution in [2.75, 3.05) is 24.9 Å². The van der Waals surface area contributed by atoms with Crippen LogP contribution in [0.1, 0.15) is 11.3 Å². The van der Waals surface area contributed by atoms with Crippen LogP contribution in [0, 0.1) is 6.92 Å². The molecule has 8 heteroatoms. The number of methoxy groups -OCH3 is 1. The molecule has 0 spiro atoms. The van der Waals surface area contributed by atoms with Crippen molar-refractivity contribution in [2.45, 2.75) is 22.8 Å². The van der Waals surface area contributed by atoms with Crippen LogP contribution in [-0.4, -0.2) is 30.5 Å². The number of hydrogen-bond acceptors (Lipinski definition) is 5. The first kappa shape index (κ1) is 19.5. The molecule has 2 aromatic rings. The molecule has 2 rings (SSSR count). The largest absolute Gasteiger partial charge is 0.497 e. The molecule has 4 nitrogen and oxygen atoms in total. The Bertz CT molecular complexity index is 743. The number of aryl methyl sites for hydroxylation is 1. The normalized spacial score (nSPS) is 11.3. The van der Waals surface area contributed by atoms with Crippen molar-refractivity contribution in [2.24, 2.45) is 0 Å². The van der Waals surface area contributed by atoms with Crippen molar-refractivity contribution in [1.29, 1.82) is 0 Å². The Morgan fingerprint density at radius 3 is 2.36 bits per heavy atom. The van der Waals surface area contributed by atoms with Crippen LogP contribution >= 0.6 is 23.5 Å². The molecule has 1 aromatic carbocycles. The summed E-state index contributed by atoms with van der Waals surface area (Å²) in [4.78, 5) is 17.3. The topological polar surface area (TPSA) is 51.2 Å². The fourth-order valence-corrected chi connectivity index (χ4v) is 3.47. The van der Waals surface area contributed by atoms with Gasteiger partial charge < -0.3 is 10.1 Å². The fraction of sp³-hybridized carbons (Fsp3) is 0.294. The average Bonchev–Trinajstić information content (AvgIpc) is 2.62. The smallest absolute Gasteiger partial charge is 0.350 e. The SMILES string of the molecule is COc1ccc(C(F)(F)C(=O)Nc2c(SC)cc(C)nc2SC)cc1. The van der Waals surface area contributed by atoms with Gasteiger partial charge in [0.15, 0.2) is 0 Å². The molecule has 0 aliphatic heterocycles. The maximum absolute atomic E-state index is 14.5. The molecular weight excluding hydrogens is 366 g/mol. The maximum atomic E-state index is 14.5. The number of pyridine rings is 1. The average molecular weight is 384 g/mol. The second-order valence-corrected chi connectivity index (χ2v) is 6.75. The summed E-state index contributed by atoms with van der Waals surface area (Å²) in [7, 11) is 1.44. The van der Waals surface area contributed by atoms with Crippen LogP contribution in [0.5, 0.6) is 5.75 Å². The van der Waals surface area contributed by atoms with E-state index in [0.717, 1.165) is 5.69 Å². The van der Waals surface area contributed by atoms with E-state index in [9.17, 15) is 13.6 Å². The molecule has 1 aromatic heterocycles. The minimum absolute atomic E-state index is 0.309. The van der Waals surface area contributed by atoms with Gasteiger partial charge in [0.25, 0.3) is 5.91 Å². The van der Waals surface area contributed by atoms with E-state index in [1.165, 1.54) is 54.9 Å². The highest BCUT2D eigenvalue weighted by Gasteiger charge is 2.41. The molecule has 1 N–H and O–H groups in total. The third-order valence-electron chi connectivity index (χ3n) is 3.47. The zero-order chi connectivity index (χ0) is 18.6. The number of alkyl halides is 2. The summed E-state index contributed by atoms with van der Waals surface area (Å²) in [5, 5.41) is 2.85. The highest BCUT2D eigenvalue weighted by molar-refractivity contribution is 7.99. The van der Waals surface area contributed by atoms with Crippen LogP contribution in [0.3, 0.4) is 0 Å². The van der Waals surface area contributed by atoms with Gasteiger partial charge in [0.1, 0.15) is 10.8 Å². The molecule has 1 amide bonds. The second-order valence-electron chi connectivity index (χ2n) is 5.11. The van der Waals surface area contributed by atoms with E-state index in [0.29, 0.717) is 21.4 Å². The first-order chi connectivity index (χ1) is 11.8. The quantitative estimate of drug-likeness (QED) is 0.739. The Morgan fingerprint density at radius 2 is 1.84 bits per heavy atom. The predicted octanol–water partition coefficient (Wildman–Crippen LogP) is 4.57. The van der Waals surface area contributed by atoms with Crippen LogP contribution in [-0.2, 0) is 10.7 Å². The third-order valence-corrected chi connectivity index (χ3v) is 4.91. The number of carbonyl (C=O) groups excluding carboxylic acids is 1. The fourth-order valence-electron chi connectivity index (χ4n) is 2.16. The molecule has 0 aliphatic carbocycles. The molecular formula is C17H18F2N2O2S2. The molecule has 0 unspecified atom stereocenters. The number of halogens is 2. The van der Waals surface area contributed by atoms with Crippen molar-refractivity contribution in [3.05, 3.63) is 41.6 Å². The lowest BCUT2D eigenvalue weighted by molar-refractivity contribution is -0.141. The summed E-state index contributed by atoms with van der Waals surface area (Å²) in [5.74, 6) is -4.63. The van der Waals surface area contributed by atoms with Crippen LogP contribution in [0.25, 0.3) is 0 Å². The molecule has 0 radical (unpaired) electrons. The molecule has 0 fully saturated rings. The van der Waals surface area contributed by atoms with Gasteiger partial charge in [0, 0.05) is 16.2 Å². The summed E-state index contributed by atoms with van der Waals surface area (Å²) in [5.41, 5.74) is 0.666.